The highest BCUT2D eigenvalue weighted by molar-refractivity contribution is 6.30. The van der Waals surface area contributed by atoms with Gasteiger partial charge in [0.25, 0.3) is 5.56 Å². The number of ether oxygens (including phenoxy) is 1. The Morgan fingerprint density at radius 2 is 2.06 bits per heavy atom. The molecule has 0 aliphatic rings. The molecule has 0 bridgehead atoms. The number of alkyl halides is 3. The predicted octanol–water partition coefficient (Wildman–Crippen LogP) is 3.61. The monoisotopic (exact) mass is 449 g/mol. The van der Waals surface area contributed by atoms with Crippen molar-refractivity contribution < 1.29 is 22.7 Å². The average molecular weight is 450 g/mol. The number of pyridine rings is 1. The highest BCUT2D eigenvalue weighted by Crippen LogP contribution is 2.36. The molecule has 0 unspecified atom stereocenters. The van der Waals surface area contributed by atoms with Crippen LogP contribution in [0.5, 0.6) is 11.5 Å². The van der Waals surface area contributed by atoms with Crippen LogP contribution in [0, 0.1) is 11.3 Å². The lowest BCUT2D eigenvalue weighted by Gasteiger charge is -2.15. The van der Waals surface area contributed by atoms with Gasteiger partial charge in [-0.2, -0.15) is 18.4 Å². The van der Waals surface area contributed by atoms with E-state index in [4.69, 9.17) is 21.6 Å². The first kappa shape index (κ1) is 21.8. The molecule has 0 radical (unpaired) electrons. The largest absolute Gasteiger partial charge is 0.451 e. The third-order valence-electron chi connectivity index (χ3n) is 3.79. The third kappa shape index (κ3) is 5.37. The fraction of sp³-hybridized carbons (Fsp3) is 0.105. The maximum atomic E-state index is 13.4. The van der Waals surface area contributed by atoms with Crippen LogP contribution >= 0.6 is 11.6 Å². The number of nitrogens with one attached hydrogen (secondary N) is 1. The van der Waals surface area contributed by atoms with Crippen molar-refractivity contribution >= 4 is 23.3 Å². The van der Waals surface area contributed by atoms with E-state index >= 15 is 0 Å². The number of carbonyl (C=O) groups excluding carboxylic acids is 1. The number of aromatic nitrogens is 3. The second-order valence-electron chi connectivity index (χ2n) is 6.02. The summed E-state index contributed by atoms with van der Waals surface area (Å²) in [5.74, 6) is -1.92. The molecule has 12 heteroatoms. The fourth-order valence-electron chi connectivity index (χ4n) is 2.50. The van der Waals surface area contributed by atoms with Gasteiger partial charge in [0.1, 0.15) is 17.9 Å². The van der Waals surface area contributed by atoms with Gasteiger partial charge in [0.05, 0.1) is 17.8 Å². The molecule has 0 aliphatic heterocycles. The number of amides is 1. The summed E-state index contributed by atoms with van der Waals surface area (Å²) in [6.07, 6.45) is -0.119. The number of benzene rings is 1. The van der Waals surface area contributed by atoms with Gasteiger partial charge in [-0.15, -0.1) is 0 Å². The zero-order valence-corrected chi connectivity index (χ0v) is 16.1. The molecule has 0 saturated heterocycles. The number of hydrogen-bond donors (Lipinski definition) is 1. The topological polar surface area (TPSA) is 110 Å². The van der Waals surface area contributed by atoms with Crippen molar-refractivity contribution in [3.63, 3.8) is 0 Å². The van der Waals surface area contributed by atoms with Crippen LogP contribution in [0.2, 0.25) is 5.02 Å². The lowest BCUT2D eigenvalue weighted by molar-refractivity contribution is -0.138. The molecule has 0 saturated carbocycles. The molecule has 1 aromatic carbocycles. The van der Waals surface area contributed by atoms with Crippen LogP contribution in [-0.4, -0.2) is 20.4 Å². The zero-order valence-electron chi connectivity index (χ0n) is 15.4. The van der Waals surface area contributed by atoms with Gasteiger partial charge in [-0.3, -0.25) is 14.6 Å². The predicted molar refractivity (Wildman–Crippen MR) is 103 cm³/mol. The molecule has 0 atom stereocenters. The van der Waals surface area contributed by atoms with Gasteiger partial charge in [-0.25, -0.2) is 4.98 Å². The Hall–Kier alpha value is -3.91. The van der Waals surface area contributed by atoms with Crippen LogP contribution in [0.3, 0.4) is 0 Å². The molecule has 31 heavy (non-hydrogen) atoms. The molecule has 0 spiro atoms. The maximum Gasteiger partial charge on any atom is 0.420 e. The summed E-state index contributed by atoms with van der Waals surface area (Å²) in [6.45, 7) is -0.608. The Morgan fingerprint density at radius 3 is 2.71 bits per heavy atom. The minimum Gasteiger partial charge on any atom is -0.451 e. The SMILES string of the molecule is N#Cc1cc(Cl)cc(Oc2c(C(F)(F)F)ccn(CC(=O)Nc3cnccn3)c2=O)c1. The van der Waals surface area contributed by atoms with Crippen LogP contribution < -0.4 is 15.6 Å². The van der Waals surface area contributed by atoms with Crippen molar-refractivity contribution in [2.24, 2.45) is 0 Å². The summed E-state index contributed by atoms with van der Waals surface area (Å²) in [6, 6.07) is 5.95. The van der Waals surface area contributed by atoms with E-state index in [9.17, 15) is 22.8 Å². The standard InChI is InChI=1S/C19H11ClF3N5O3/c20-12-5-11(8-24)6-13(7-12)31-17-14(19(21,22)23)1-4-28(18(17)30)10-16(29)27-15-9-25-2-3-26-15/h1-7,9H,10H2,(H,26,27,29). The minimum atomic E-state index is -4.91. The average Bonchev–Trinajstić information content (AvgIpc) is 2.70. The fourth-order valence-corrected chi connectivity index (χ4v) is 2.73. The number of nitriles is 1. The molecule has 1 amide bonds. The summed E-state index contributed by atoms with van der Waals surface area (Å²) in [5, 5.41) is 11.4. The van der Waals surface area contributed by atoms with E-state index in [1.54, 1.807) is 6.07 Å². The summed E-state index contributed by atoms with van der Waals surface area (Å²) in [4.78, 5) is 32.5. The van der Waals surface area contributed by atoms with Gasteiger partial charge in [0.15, 0.2) is 5.82 Å². The lowest BCUT2D eigenvalue weighted by Crippen LogP contribution is -2.29. The molecule has 158 valence electrons. The van der Waals surface area contributed by atoms with Crippen molar-refractivity contribution in [3.8, 4) is 17.6 Å². The molecule has 3 aromatic rings. The van der Waals surface area contributed by atoms with Crippen molar-refractivity contribution in [1.29, 1.82) is 5.26 Å². The highest BCUT2D eigenvalue weighted by Gasteiger charge is 2.36. The quantitative estimate of drug-likeness (QED) is 0.637. The van der Waals surface area contributed by atoms with E-state index < -0.39 is 35.5 Å². The molecule has 0 fully saturated rings. The van der Waals surface area contributed by atoms with Crippen LogP contribution in [0.15, 0.2) is 53.8 Å². The van der Waals surface area contributed by atoms with E-state index in [2.05, 4.69) is 15.3 Å². The molecular formula is C19H11ClF3N5O3. The number of anilines is 1. The van der Waals surface area contributed by atoms with Crippen molar-refractivity contribution in [3.05, 3.63) is 75.6 Å². The molecule has 3 rings (SSSR count). The van der Waals surface area contributed by atoms with E-state index in [0.29, 0.717) is 6.07 Å². The second-order valence-corrected chi connectivity index (χ2v) is 6.45. The number of rotatable bonds is 5. The molecule has 8 nitrogen and oxygen atoms in total. The second kappa shape index (κ2) is 8.85. The van der Waals surface area contributed by atoms with Gasteiger partial charge in [0.2, 0.25) is 11.7 Å². The Balaban J connectivity index is 1.97. The maximum absolute atomic E-state index is 13.4. The van der Waals surface area contributed by atoms with Crippen molar-refractivity contribution in [2.75, 3.05) is 5.32 Å². The van der Waals surface area contributed by atoms with Crippen LogP contribution in [0.25, 0.3) is 0 Å². The first-order valence-electron chi connectivity index (χ1n) is 8.42. The lowest BCUT2D eigenvalue weighted by atomic mass is 10.2. The van der Waals surface area contributed by atoms with Gasteiger partial charge >= 0.3 is 6.18 Å². The smallest absolute Gasteiger partial charge is 0.420 e. The molecule has 1 N–H and O–H groups in total. The van der Waals surface area contributed by atoms with Crippen molar-refractivity contribution in [2.45, 2.75) is 12.7 Å². The van der Waals surface area contributed by atoms with Gasteiger partial charge in [-0.1, -0.05) is 11.6 Å². The van der Waals surface area contributed by atoms with Gasteiger partial charge in [0, 0.05) is 23.6 Å². The minimum absolute atomic E-state index is 0.0238. The van der Waals surface area contributed by atoms with Crippen LogP contribution in [0.4, 0.5) is 19.0 Å². The van der Waals surface area contributed by atoms with E-state index in [1.165, 1.54) is 24.7 Å². The first-order chi connectivity index (χ1) is 14.7. The summed E-state index contributed by atoms with van der Waals surface area (Å²) in [5.41, 5.74) is -2.53. The first-order valence-corrected chi connectivity index (χ1v) is 8.80. The number of halogens is 4. The van der Waals surface area contributed by atoms with E-state index in [0.717, 1.165) is 22.9 Å². The van der Waals surface area contributed by atoms with Crippen LogP contribution in [-0.2, 0) is 17.5 Å². The van der Waals surface area contributed by atoms with Gasteiger partial charge < -0.3 is 14.6 Å². The van der Waals surface area contributed by atoms with Crippen LogP contribution in [0.1, 0.15) is 11.1 Å². The Kier molecular flexibility index (Phi) is 6.22. The summed E-state index contributed by atoms with van der Waals surface area (Å²) >= 11 is 5.84. The number of hydrogen-bond acceptors (Lipinski definition) is 6. The van der Waals surface area contributed by atoms with E-state index in [-0.39, 0.29) is 22.2 Å². The normalized spacial score (nSPS) is 10.9. The highest BCUT2D eigenvalue weighted by atomic mass is 35.5. The summed E-state index contributed by atoms with van der Waals surface area (Å²) in [7, 11) is 0. The summed E-state index contributed by atoms with van der Waals surface area (Å²) < 4.78 is 46.2. The Morgan fingerprint density at radius 1 is 1.29 bits per heavy atom. The Bertz CT molecular complexity index is 1220. The van der Waals surface area contributed by atoms with Gasteiger partial charge in [-0.05, 0) is 24.3 Å². The molecule has 2 heterocycles. The van der Waals surface area contributed by atoms with E-state index in [1.807, 2.05) is 0 Å². The third-order valence-corrected chi connectivity index (χ3v) is 4.01. The zero-order chi connectivity index (χ0) is 22.6. The number of nitrogens with zero attached hydrogens (tertiary/aromatic N) is 4. The van der Waals surface area contributed by atoms with Crippen molar-refractivity contribution in [1.82, 2.24) is 14.5 Å². The Labute approximate surface area is 177 Å². The molecule has 0 aliphatic carbocycles. The molecule has 2 aromatic heterocycles. The molecular weight excluding hydrogens is 439 g/mol. The number of carbonyl (C=O) groups is 1.